The van der Waals surface area contributed by atoms with Crippen molar-refractivity contribution in [1.29, 1.82) is 0 Å². The summed E-state index contributed by atoms with van der Waals surface area (Å²) in [4.78, 5) is 29.6. The van der Waals surface area contributed by atoms with Gasteiger partial charge in [-0.15, -0.1) is 11.8 Å². The van der Waals surface area contributed by atoms with Gasteiger partial charge in [0.25, 0.3) is 21.6 Å². The number of rotatable bonds is 16. The minimum Gasteiger partial charge on any atom is -0.494 e. The molecule has 0 unspecified atom stereocenters. The molecule has 6 rings (SSSR count). The standard InChI is InChI=1S/C42H45N5O6S2/c1-3-31-27-34(33-9-8-10-37(28-33)53-4-2)13-14-35(31)30-45-22-24-46(25-23-45)36-17-15-32(16-18-36)42(48)44-55(51,52)39-19-20-40(41(29-39)47(49)50)43-21-26-54-38-11-6-5-7-12-38/h5-20,27-29,43H,3-4,21-26,30H2,1-2H3,(H,44,48). The Balaban J connectivity index is 1.01. The molecule has 1 aliphatic heterocycles. The SMILES string of the molecule is CCOc1cccc(-c2ccc(CN3CCN(c4ccc(C(=O)NS(=O)(=O)c5ccc(NCCSc6ccccc6)c([N+](=O)[O-])c5)cc4)CC3)c(CC)c2)c1. The Kier molecular flexibility index (Phi) is 13.1. The topological polar surface area (TPSA) is 134 Å². The molecule has 5 aromatic rings. The maximum atomic E-state index is 13.2. The van der Waals surface area contributed by atoms with E-state index in [9.17, 15) is 23.3 Å². The molecule has 0 bridgehead atoms. The van der Waals surface area contributed by atoms with Crippen LogP contribution in [0, 0.1) is 10.1 Å². The number of nitrogens with zero attached hydrogens (tertiary/aromatic N) is 3. The number of hydrogen-bond donors (Lipinski definition) is 2. The summed E-state index contributed by atoms with van der Waals surface area (Å²) in [7, 11) is -4.39. The Bertz CT molecular complexity index is 2210. The molecule has 11 nitrogen and oxygen atoms in total. The van der Waals surface area contributed by atoms with Crippen molar-refractivity contribution in [2.75, 3.05) is 55.3 Å². The number of sulfonamides is 1. The van der Waals surface area contributed by atoms with Crippen LogP contribution in [0.2, 0.25) is 0 Å². The average Bonchev–Trinajstić information content (AvgIpc) is 3.20. The van der Waals surface area contributed by atoms with Crippen LogP contribution in [0.1, 0.15) is 35.3 Å². The van der Waals surface area contributed by atoms with Gasteiger partial charge in [0.1, 0.15) is 11.4 Å². The van der Waals surface area contributed by atoms with Crippen LogP contribution >= 0.6 is 11.8 Å². The van der Waals surface area contributed by atoms with Crippen molar-refractivity contribution >= 4 is 44.8 Å². The number of benzene rings is 5. The van der Waals surface area contributed by atoms with Gasteiger partial charge >= 0.3 is 0 Å². The second-order valence-corrected chi connectivity index (χ2v) is 15.9. The van der Waals surface area contributed by atoms with Gasteiger partial charge in [-0.05, 0) is 96.3 Å². The molecular weight excluding hydrogens is 735 g/mol. The third-order valence-corrected chi connectivity index (χ3v) is 11.8. The van der Waals surface area contributed by atoms with Gasteiger partial charge in [-0.3, -0.25) is 19.8 Å². The van der Waals surface area contributed by atoms with Gasteiger partial charge in [0.05, 0.1) is 16.4 Å². The number of amides is 1. The normalized spacial score (nSPS) is 13.3. The number of carbonyl (C=O) groups is 1. The largest absolute Gasteiger partial charge is 0.494 e. The molecule has 0 radical (unpaired) electrons. The Labute approximate surface area is 326 Å². The van der Waals surface area contributed by atoms with E-state index in [-0.39, 0.29) is 16.1 Å². The molecule has 1 saturated heterocycles. The van der Waals surface area contributed by atoms with Gasteiger partial charge in [0, 0.05) is 67.2 Å². The molecule has 0 aliphatic carbocycles. The number of ether oxygens (including phenoxy) is 1. The van der Waals surface area contributed by atoms with E-state index in [0.717, 1.165) is 67.1 Å². The highest BCUT2D eigenvalue weighted by atomic mass is 32.2. The molecule has 13 heteroatoms. The summed E-state index contributed by atoms with van der Waals surface area (Å²) in [5.41, 5.74) is 5.87. The maximum absolute atomic E-state index is 13.2. The van der Waals surface area contributed by atoms with Crippen LogP contribution in [0.5, 0.6) is 5.75 Å². The zero-order valence-corrected chi connectivity index (χ0v) is 32.6. The lowest BCUT2D eigenvalue weighted by Gasteiger charge is -2.36. The minimum atomic E-state index is -4.39. The second-order valence-electron chi connectivity index (χ2n) is 13.1. The number of nitro groups is 1. The van der Waals surface area contributed by atoms with Crippen LogP contribution in [0.15, 0.2) is 125 Å². The molecule has 5 aromatic carbocycles. The molecule has 0 atom stereocenters. The summed E-state index contributed by atoms with van der Waals surface area (Å²) in [5, 5.41) is 14.9. The summed E-state index contributed by atoms with van der Waals surface area (Å²) >= 11 is 1.59. The number of aryl methyl sites for hydroxylation is 1. The van der Waals surface area contributed by atoms with Gasteiger partial charge in [0.2, 0.25) is 0 Å². The molecule has 1 aliphatic rings. The van der Waals surface area contributed by atoms with Crippen LogP contribution in [-0.2, 0) is 23.0 Å². The minimum absolute atomic E-state index is 0.162. The van der Waals surface area contributed by atoms with Crippen molar-refractivity contribution in [1.82, 2.24) is 9.62 Å². The van der Waals surface area contributed by atoms with Crippen LogP contribution in [0.25, 0.3) is 11.1 Å². The van der Waals surface area contributed by atoms with E-state index in [1.165, 1.54) is 28.8 Å². The molecule has 0 saturated carbocycles. The van der Waals surface area contributed by atoms with Gasteiger partial charge in [0.15, 0.2) is 0 Å². The number of anilines is 2. The van der Waals surface area contributed by atoms with Crippen molar-refractivity contribution in [2.24, 2.45) is 0 Å². The molecule has 1 amide bonds. The second kappa shape index (κ2) is 18.3. The van der Waals surface area contributed by atoms with Crippen molar-refractivity contribution in [3.8, 4) is 16.9 Å². The summed E-state index contributed by atoms with van der Waals surface area (Å²) in [6.07, 6.45) is 0.939. The quantitative estimate of drug-likeness (QED) is 0.0441. The Hall–Kier alpha value is -5.37. The van der Waals surface area contributed by atoms with E-state index in [1.54, 1.807) is 23.9 Å². The lowest BCUT2D eigenvalue weighted by Crippen LogP contribution is -2.46. The van der Waals surface area contributed by atoms with E-state index >= 15 is 0 Å². The van der Waals surface area contributed by atoms with E-state index in [4.69, 9.17) is 4.74 Å². The summed E-state index contributed by atoms with van der Waals surface area (Å²) in [6, 6.07) is 35.0. The first-order valence-electron chi connectivity index (χ1n) is 18.3. The summed E-state index contributed by atoms with van der Waals surface area (Å²) in [5.74, 6) is 0.698. The van der Waals surface area contributed by atoms with Crippen LogP contribution in [0.4, 0.5) is 17.1 Å². The average molecular weight is 780 g/mol. The zero-order valence-electron chi connectivity index (χ0n) is 30.9. The molecule has 1 heterocycles. The Morgan fingerprint density at radius 2 is 1.58 bits per heavy atom. The number of carbonyl (C=O) groups excluding carboxylic acids is 1. The predicted molar refractivity (Wildman–Crippen MR) is 220 cm³/mol. The molecular formula is C42H45N5O6S2. The highest BCUT2D eigenvalue weighted by Gasteiger charge is 2.24. The fourth-order valence-electron chi connectivity index (χ4n) is 6.54. The first kappa shape index (κ1) is 39.3. The Morgan fingerprint density at radius 1 is 0.836 bits per heavy atom. The number of nitrogens with one attached hydrogen (secondary N) is 2. The van der Waals surface area contributed by atoms with E-state index < -0.39 is 26.5 Å². The van der Waals surface area contributed by atoms with E-state index in [0.29, 0.717) is 18.9 Å². The smallest absolute Gasteiger partial charge is 0.293 e. The highest BCUT2D eigenvalue weighted by molar-refractivity contribution is 7.99. The van der Waals surface area contributed by atoms with Crippen molar-refractivity contribution in [3.63, 3.8) is 0 Å². The van der Waals surface area contributed by atoms with Crippen LogP contribution < -0.4 is 19.7 Å². The number of hydrogen-bond acceptors (Lipinski definition) is 10. The summed E-state index contributed by atoms with van der Waals surface area (Å²) < 4.78 is 34.1. The third kappa shape index (κ3) is 10.2. The van der Waals surface area contributed by atoms with Crippen molar-refractivity contribution in [2.45, 2.75) is 36.6 Å². The maximum Gasteiger partial charge on any atom is 0.293 e. The van der Waals surface area contributed by atoms with Crippen molar-refractivity contribution < 1.29 is 22.9 Å². The molecule has 0 spiro atoms. The van der Waals surface area contributed by atoms with Crippen molar-refractivity contribution in [3.05, 3.63) is 142 Å². The molecule has 55 heavy (non-hydrogen) atoms. The highest BCUT2D eigenvalue weighted by Crippen LogP contribution is 2.30. The first-order valence-corrected chi connectivity index (χ1v) is 20.8. The van der Waals surface area contributed by atoms with Crippen LogP contribution in [-0.4, -0.2) is 69.2 Å². The van der Waals surface area contributed by atoms with Crippen LogP contribution in [0.3, 0.4) is 0 Å². The molecule has 2 N–H and O–H groups in total. The fraction of sp³-hybridized carbons (Fsp3) is 0.262. The Morgan fingerprint density at radius 3 is 2.29 bits per heavy atom. The fourth-order valence-corrected chi connectivity index (χ4v) is 8.32. The predicted octanol–water partition coefficient (Wildman–Crippen LogP) is 7.87. The van der Waals surface area contributed by atoms with E-state index in [2.05, 4.69) is 57.1 Å². The number of thioether (sulfide) groups is 1. The van der Waals surface area contributed by atoms with Gasteiger partial charge in [-0.1, -0.05) is 55.5 Å². The number of piperazine rings is 1. The van der Waals surface area contributed by atoms with Gasteiger partial charge in [-0.2, -0.15) is 0 Å². The molecule has 1 fully saturated rings. The lowest BCUT2D eigenvalue weighted by atomic mass is 9.97. The van der Waals surface area contributed by atoms with E-state index in [1.807, 2.05) is 61.5 Å². The first-order chi connectivity index (χ1) is 26.6. The third-order valence-electron chi connectivity index (χ3n) is 9.46. The summed E-state index contributed by atoms with van der Waals surface area (Å²) in [6.45, 7) is 9.44. The van der Waals surface area contributed by atoms with Gasteiger partial charge in [-0.25, -0.2) is 13.1 Å². The number of nitro benzene ring substituents is 1. The lowest BCUT2D eigenvalue weighted by molar-refractivity contribution is -0.384. The molecule has 0 aromatic heterocycles. The monoisotopic (exact) mass is 779 g/mol. The van der Waals surface area contributed by atoms with Gasteiger partial charge < -0.3 is 15.0 Å². The zero-order chi connectivity index (χ0) is 38.8. The molecule has 286 valence electrons.